The van der Waals surface area contributed by atoms with Crippen molar-refractivity contribution in [2.24, 2.45) is 7.05 Å². The lowest BCUT2D eigenvalue weighted by Crippen LogP contribution is -2.26. The van der Waals surface area contributed by atoms with Crippen LogP contribution in [0.25, 0.3) is 0 Å². The summed E-state index contributed by atoms with van der Waals surface area (Å²) in [6.07, 6.45) is 3.53. The van der Waals surface area contributed by atoms with Gasteiger partial charge in [-0.2, -0.15) is 5.26 Å². The zero-order chi connectivity index (χ0) is 9.84. The van der Waals surface area contributed by atoms with Gasteiger partial charge < -0.3 is 9.47 Å². The quantitative estimate of drug-likeness (QED) is 0.622. The Bertz CT molecular complexity index is 348. The van der Waals surface area contributed by atoms with Crippen LogP contribution in [0.1, 0.15) is 10.4 Å². The summed E-state index contributed by atoms with van der Waals surface area (Å²) < 4.78 is 1.80. The molecule has 0 atom stereocenters. The second-order valence-electron chi connectivity index (χ2n) is 2.88. The maximum absolute atomic E-state index is 11.5. The molecule has 0 aliphatic heterocycles. The van der Waals surface area contributed by atoms with E-state index in [1.165, 1.54) is 4.90 Å². The highest BCUT2D eigenvalue weighted by Crippen LogP contribution is 2.02. The molecule has 4 heteroatoms. The van der Waals surface area contributed by atoms with Crippen molar-refractivity contribution in [3.63, 3.8) is 0 Å². The highest BCUT2D eigenvalue weighted by Gasteiger charge is 2.11. The Morgan fingerprint density at radius 2 is 2.46 bits per heavy atom. The second kappa shape index (κ2) is 3.76. The second-order valence-corrected chi connectivity index (χ2v) is 2.88. The number of hydrogen-bond acceptors (Lipinski definition) is 2. The van der Waals surface area contributed by atoms with E-state index in [-0.39, 0.29) is 12.5 Å². The molecule has 0 fully saturated rings. The van der Waals surface area contributed by atoms with Crippen molar-refractivity contribution in [1.29, 1.82) is 5.26 Å². The molecule has 1 amide bonds. The molecule has 68 valence electrons. The third-order valence-electron chi connectivity index (χ3n) is 1.73. The van der Waals surface area contributed by atoms with E-state index in [0.29, 0.717) is 5.56 Å². The largest absolute Gasteiger partial charge is 0.356 e. The number of aromatic nitrogens is 1. The molecular weight excluding hydrogens is 166 g/mol. The summed E-state index contributed by atoms with van der Waals surface area (Å²) in [6, 6.07) is 3.66. The fraction of sp³-hybridized carbons (Fsp3) is 0.333. The van der Waals surface area contributed by atoms with Gasteiger partial charge >= 0.3 is 0 Å². The molecule has 0 aliphatic carbocycles. The predicted octanol–water partition coefficient (Wildman–Crippen LogP) is 0.621. The van der Waals surface area contributed by atoms with E-state index in [1.807, 2.05) is 13.1 Å². The van der Waals surface area contributed by atoms with Gasteiger partial charge in [0.15, 0.2) is 0 Å². The molecule has 0 N–H and O–H groups in total. The van der Waals surface area contributed by atoms with E-state index >= 15 is 0 Å². The lowest BCUT2D eigenvalue weighted by Gasteiger charge is -2.10. The topological polar surface area (TPSA) is 49.0 Å². The number of carbonyl (C=O) groups is 1. The number of aryl methyl sites for hydroxylation is 1. The zero-order valence-corrected chi connectivity index (χ0v) is 7.69. The molecule has 1 heterocycles. The Morgan fingerprint density at radius 1 is 1.77 bits per heavy atom. The van der Waals surface area contributed by atoms with Crippen LogP contribution in [0.15, 0.2) is 18.5 Å². The van der Waals surface area contributed by atoms with Gasteiger partial charge in [-0.25, -0.2) is 0 Å². The van der Waals surface area contributed by atoms with E-state index in [1.54, 1.807) is 30.1 Å². The highest BCUT2D eigenvalue weighted by molar-refractivity contribution is 5.94. The Labute approximate surface area is 77.0 Å². The number of amides is 1. The van der Waals surface area contributed by atoms with Gasteiger partial charge in [-0.3, -0.25) is 4.79 Å². The van der Waals surface area contributed by atoms with Crippen LogP contribution in [0, 0.1) is 11.3 Å². The van der Waals surface area contributed by atoms with Crippen LogP contribution in [0.3, 0.4) is 0 Å². The van der Waals surface area contributed by atoms with E-state index < -0.39 is 0 Å². The standard InChI is InChI=1S/C9H11N3O/c1-11-5-3-8(7-11)9(13)12(2)6-4-10/h3,5,7H,6H2,1-2H3. The Balaban J connectivity index is 2.74. The summed E-state index contributed by atoms with van der Waals surface area (Å²) in [5.74, 6) is -0.123. The molecule has 0 spiro atoms. The van der Waals surface area contributed by atoms with Crippen molar-refractivity contribution in [3.05, 3.63) is 24.0 Å². The molecule has 1 aromatic heterocycles. The van der Waals surface area contributed by atoms with Crippen molar-refractivity contribution in [3.8, 4) is 6.07 Å². The molecule has 13 heavy (non-hydrogen) atoms. The lowest BCUT2D eigenvalue weighted by molar-refractivity contribution is 0.0812. The average molecular weight is 177 g/mol. The van der Waals surface area contributed by atoms with Gasteiger partial charge in [-0.15, -0.1) is 0 Å². The van der Waals surface area contributed by atoms with Crippen LogP contribution in [-0.4, -0.2) is 29.0 Å². The van der Waals surface area contributed by atoms with E-state index in [9.17, 15) is 4.79 Å². The molecule has 0 radical (unpaired) electrons. The highest BCUT2D eigenvalue weighted by atomic mass is 16.2. The normalized spacial score (nSPS) is 9.31. The van der Waals surface area contributed by atoms with Crippen molar-refractivity contribution < 1.29 is 4.79 Å². The summed E-state index contributed by atoms with van der Waals surface area (Å²) >= 11 is 0. The minimum Gasteiger partial charge on any atom is -0.356 e. The molecule has 4 nitrogen and oxygen atoms in total. The first kappa shape index (κ1) is 9.33. The van der Waals surface area contributed by atoms with Gasteiger partial charge in [0, 0.05) is 26.5 Å². The summed E-state index contributed by atoms with van der Waals surface area (Å²) in [4.78, 5) is 12.9. The van der Waals surface area contributed by atoms with Crippen LogP contribution in [-0.2, 0) is 7.05 Å². The first-order valence-corrected chi connectivity index (χ1v) is 3.89. The third-order valence-corrected chi connectivity index (χ3v) is 1.73. The molecule has 0 aliphatic rings. The molecule has 1 rings (SSSR count). The number of hydrogen-bond donors (Lipinski definition) is 0. The molecular formula is C9H11N3O. The minimum absolute atomic E-state index is 0.119. The van der Waals surface area contributed by atoms with E-state index in [4.69, 9.17) is 5.26 Å². The van der Waals surface area contributed by atoms with E-state index in [0.717, 1.165) is 0 Å². The average Bonchev–Trinajstić information content (AvgIpc) is 2.51. The molecule has 0 bridgehead atoms. The summed E-state index contributed by atoms with van der Waals surface area (Å²) in [7, 11) is 3.46. The van der Waals surface area contributed by atoms with Crippen molar-refractivity contribution in [2.45, 2.75) is 0 Å². The Hall–Kier alpha value is -1.76. The number of nitriles is 1. The minimum atomic E-state index is -0.123. The Morgan fingerprint density at radius 3 is 2.92 bits per heavy atom. The van der Waals surface area contributed by atoms with Gasteiger partial charge in [0.25, 0.3) is 5.91 Å². The molecule has 0 aromatic carbocycles. The van der Waals surface area contributed by atoms with Crippen molar-refractivity contribution in [1.82, 2.24) is 9.47 Å². The summed E-state index contributed by atoms with van der Waals surface area (Å²) in [5.41, 5.74) is 0.611. The number of carbonyl (C=O) groups excluding carboxylic acids is 1. The monoisotopic (exact) mass is 177 g/mol. The van der Waals surface area contributed by atoms with Gasteiger partial charge in [0.05, 0.1) is 11.6 Å². The fourth-order valence-corrected chi connectivity index (χ4v) is 1.03. The van der Waals surface area contributed by atoms with Crippen LogP contribution < -0.4 is 0 Å². The SMILES string of the molecule is CN(CC#N)C(=O)c1ccn(C)c1. The molecule has 0 saturated heterocycles. The van der Waals surface area contributed by atoms with Crippen LogP contribution in [0.4, 0.5) is 0 Å². The fourth-order valence-electron chi connectivity index (χ4n) is 1.03. The van der Waals surface area contributed by atoms with Gasteiger partial charge in [0.2, 0.25) is 0 Å². The summed E-state index contributed by atoms with van der Waals surface area (Å²) in [5, 5.41) is 8.39. The van der Waals surface area contributed by atoms with Crippen LogP contribution >= 0.6 is 0 Å². The maximum atomic E-state index is 11.5. The van der Waals surface area contributed by atoms with Crippen LogP contribution in [0.2, 0.25) is 0 Å². The number of nitrogens with zero attached hydrogens (tertiary/aromatic N) is 3. The first-order valence-electron chi connectivity index (χ1n) is 3.89. The van der Waals surface area contributed by atoms with Gasteiger partial charge in [0.1, 0.15) is 6.54 Å². The maximum Gasteiger partial charge on any atom is 0.255 e. The first-order chi connectivity index (χ1) is 6.15. The lowest BCUT2D eigenvalue weighted by atomic mass is 10.3. The molecule has 0 unspecified atom stereocenters. The third kappa shape index (κ3) is 2.09. The zero-order valence-electron chi connectivity index (χ0n) is 7.69. The molecule has 0 saturated carbocycles. The van der Waals surface area contributed by atoms with Crippen molar-refractivity contribution >= 4 is 5.91 Å². The number of rotatable bonds is 2. The van der Waals surface area contributed by atoms with Crippen LogP contribution in [0.5, 0.6) is 0 Å². The van der Waals surface area contributed by atoms with Gasteiger partial charge in [-0.1, -0.05) is 0 Å². The Kier molecular flexibility index (Phi) is 2.70. The van der Waals surface area contributed by atoms with Gasteiger partial charge in [-0.05, 0) is 6.07 Å². The smallest absolute Gasteiger partial charge is 0.255 e. The predicted molar refractivity (Wildman–Crippen MR) is 48.0 cm³/mol. The van der Waals surface area contributed by atoms with Crippen molar-refractivity contribution in [2.75, 3.05) is 13.6 Å². The molecule has 1 aromatic rings. The van der Waals surface area contributed by atoms with E-state index in [2.05, 4.69) is 0 Å². The summed E-state index contributed by atoms with van der Waals surface area (Å²) in [6.45, 7) is 0.119.